The van der Waals surface area contributed by atoms with Crippen LogP contribution in [0.2, 0.25) is 0 Å². The number of aromatic hydroxyl groups is 1. The van der Waals surface area contributed by atoms with E-state index in [1.165, 1.54) is 11.1 Å². The van der Waals surface area contributed by atoms with Gasteiger partial charge in [-0.25, -0.2) is 0 Å². The summed E-state index contributed by atoms with van der Waals surface area (Å²) >= 11 is 0. The number of allylic oxidation sites excluding steroid dienone is 1. The molecule has 1 N–H and O–H groups in total. The first-order valence-electron chi connectivity index (χ1n) is 15.2. The maximum atomic E-state index is 10.0. The van der Waals surface area contributed by atoms with E-state index in [1.54, 1.807) is 12.1 Å². The zero-order valence-corrected chi connectivity index (χ0v) is 24.9. The lowest BCUT2D eigenvalue weighted by Gasteiger charge is -2.30. The second kappa shape index (κ2) is 13.5. The lowest BCUT2D eigenvalue weighted by atomic mass is 9.87. The third kappa shape index (κ3) is 7.06. The number of nitrogens with zero attached hydrogens (tertiary/aromatic N) is 2. The second-order valence-electron chi connectivity index (χ2n) is 10.9. The molecular weight excluding hydrogens is 512 g/mol. The highest BCUT2D eigenvalue weighted by Gasteiger charge is 2.31. The first-order valence-corrected chi connectivity index (χ1v) is 15.2. The van der Waals surface area contributed by atoms with Crippen LogP contribution < -0.4 is 14.2 Å². The SMILES string of the molecule is CCN(CC)CC(CN(CC)CC)Oc1ccc(C(=C(c2ccc3c(c2)OCO3)C2CC2)c2ccc(O)cc2)cc1. The van der Waals surface area contributed by atoms with E-state index in [2.05, 4.69) is 73.9 Å². The molecule has 1 heterocycles. The standard InChI is InChI=1S/C35H44N2O4/c1-5-36(6-2)22-31(23-37(7-3)8-4)41-30-18-13-27(14-19-30)34(26-11-16-29(38)17-12-26)35(25-9-10-25)28-15-20-32-33(21-28)40-24-39-32/h11-21,25,31,38H,5-10,22-24H2,1-4H3. The van der Waals surface area contributed by atoms with Gasteiger partial charge in [0.15, 0.2) is 11.5 Å². The summed E-state index contributed by atoms with van der Waals surface area (Å²) in [7, 11) is 0. The summed E-state index contributed by atoms with van der Waals surface area (Å²) in [6, 6.07) is 22.4. The molecule has 0 spiro atoms. The molecule has 3 aromatic carbocycles. The molecular formula is C35H44N2O4. The monoisotopic (exact) mass is 556 g/mol. The molecule has 0 saturated heterocycles. The van der Waals surface area contributed by atoms with Gasteiger partial charge >= 0.3 is 0 Å². The molecule has 0 unspecified atom stereocenters. The highest BCUT2D eigenvalue weighted by atomic mass is 16.7. The number of hydrogen-bond donors (Lipinski definition) is 1. The van der Waals surface area contributed by atoms with Crippen LogP contribution in [-0.2, 0) is 0 Å². The Labute approximate surface area is 245 Å². The minimum Gasteiger partial charge on any atom is -0.508 e. The normalized spacial score (nSPS) is 15.1. The summed E-state index contributed by atoms with van der Waals surface area (Å²) in [6.45, 7) is 15.0. The average Bonchev–Trinajstić information content (AvgIpc) is 3.73. The van der Waals surface area contributed by atoms with E-state index in [0.717, 1.165) is 86.0 Å². The first kappa shape index (κ1) is 29.0. The predicted octanol–water partition coefficient (Wildman–Crippen LogP) is 6.92. The van der Waals surface area contributed by atoms with E-state index in [4.69, 9.17) is 14.2 Å². The topological polar surface area (TPSA) is 54.4 Å². The number of rotatable bonds is 14. The fourth-order valence-electron chi connectivity index (χ4n) is 5.69. The van der Waals surface area contributed by atoms with E-state index < -0.39 is 0 Å². The molecule has 6 heteroatoms. The molecule has 1 aliphatic heterocycles. The molecule has 218 valence electrons. The number of phenols is 1. The quantitative estimate of drug-likeness (QED) is 0.218. The van der Waals surface area contributed by atoms with Crippen molar-refractivity contribution in [3.63, 3.8) is 0 Å². The van der Waals surface area contributed by atoms with Gasteiger partial charge in [-0.05, 0) is 109 Å². The van der Waals surface area contributed by atoms with Gasteiger partial charge in [-0.3, -0.25) is 0 Å². The fraction of sp³-hybridized carbons (Fsp3) is 0.429. The van der Waals surface area contributed by atoms with E-state index in [1.807, 2.05) is 18.2 Å². The van der Waals surface area contributed by atoms with E-state index in [-0.39, 0.29) is 18.6 Å². The average molecular weight is 557 g/mol. The Hall–Kier alpha value is -3.48. The molecule has 0 bridgehead atoms. The van der Waals surface area contributed by atoms with Crippen LogP contribution >= 0.6 is 0 Å². The highest BCUT2D eigenvalue weighted by molar-refractivity contribution is 6.00. The molecule has 41 heavy (non-hydrogen) atoms. The molecule has 1 fully saturated rings. The minimum absolute atomic E-state index is 0.0865. The minimum atomic E-state index is 0.0865. The lowest BCUT2D eigenvalue weighted by Crippen LogP contribution is -2.43. The summed E-state index contributed by atoms with van der Waals surface area (Å²) in [6.07, 6.45) is 2.40. The van der Waals surface area contributed by atoms with Crippen LogP contribution in [0, 0.1) is 5.92 Å². The van der Waals surface area contributed by atoms with Gasteiger partial charge < -0.3 is 29.1 Å². The molecule has 0 atom stereocenters. The van der Waals surface area contributed by atoms with Crippen LogP contribution in [-0.4, -0.2) is 67.1 Å². The van der Waals surface area contributed by atoms with Crippen molar-refractivity contribution in [1.29, 1.82) is 0 Å². The highest BCUT2D eigenvalue weighted by Crippen LogP contribution is 2.49. The molecule has 0 radical (unpaired) electrons. The van der Waals surface area contributed by atoms with Crippen molar-refractivity contribution < 1.29 is 19.3 Å². The fourth-order valence-corrected chi connectivity index (χ4v) is 5.69. The van der Waals surface area contributed by atoms with Crippen LogP contribution in [0.25, 0.3) is 11.1 Å². The summed E-state index contributed by atoms with van der Waals surface area (Å²) in [5.41, 5.74) is 5.85. The van der Waals surface area contributed by atoms with Crippen LogP contribution in [0.15, 0.2) is 66.7 Å². The summed E-state index contributed by atoms with van der Waals surface area (Å²) in [4.78, 5) is 4.86. The summed E-state index contributed by atoms with van der Waals surface area (Å²) < 4.78 is 18.0. The maximum absolute atomic E-state index is 10.0. The summed E-state index contributed by atoms with van der Waals surface area (Å²) in [5.74, 6) is 3.21. The van der Waals surface area contributed by atoms with Crippen LogP contribution in [0.1, 0.15) is 57.2 Å². The Morgan fingerprint density at radius 3 is 1.85 bits per heavy atom. The zero-order valence-electron chi connectivity index (χ0n) is 24.9. The number of fused-ring (bicyclic) bond motifs is 1. The van der Waals surface area contributed by atoms with E-state index in [9.17, 15) is 5.11 Å². The Morgan fingerprint density at radius 2 is 1.29 bits per heavy atom. The predicted molar refractivity (Wildman–Crippen MR) is 166 cm³/mol. The molecule has 0 aromatic heterocycles. The van der Waals surface area contributed by atoms with Crippen LogP contribution in [0.4, 0.5) is 0 Å². The van der Waals surface area contributed by atoms with Crippen molar-refractivity contribution in [3.05, 3.63) is 83.4 Å². The Kier molecular flexibility index (Phi) is 9.53. The lowest BCUT2D eigenvalue weighted by molar-refractivity contribution is 0.0989. The zero-order chi connectivity index (χ0) is 28.8. The molecule has 1 saturated carbocycles. The first-order chi connectivity index (χ1) is 20.0. The Bertz CT molecular complexity index is 1290. The Morgan fingerprint density at radius 1 is 0.756 bits per heavy atom. The molecule has 6 nitrogen and oxygen atoms in total. The number of hydrogen-bond acceptors (Lipinski definition) is 6. The van der Waals surface area contributed by atoms with Crippen molar-refractivity contribution >= 4 is 11.1 Å². The molecule has 0 amide bonds. The van der Waals surface area contributed by atoms with Crippen molar-refractivity contribution in [2.45, 2.75) is 46.6 Å². The van der Waals surface area contributed by atoms with Gasteiger partial charge in [-0.1, -0.05) is 58.0 Å². The van der Waals surface area contributed by atoms with Crippen LogP contribution in [0.5, 0.6) is 23.0 Å². The molecule has 5 rings (SSSR count). The number of phenolic OH excluding ortho intramolecular Hbond substituents is 1. The van der Waals surface area contributed by atoms with Gasteiger partial charge in [-0.15, -0.1) is 0 Å². The van der Waals surface area contributed by atoms with Gasteiger partial charge in [0.1, 0.15) is 17.6 Å². The number of benzene rings is 3. The third-order valence-electron chi connectivity index (χ3n) is 8.25. The number of ether oxygens (including phenoxy) is 3. The number of likely N-dealkylation sites (N-methyl/N-ethyl adjacent to an activating group) is 2. The van der Waals surface area contributed by atoms with E-state index >= 15 is 0 Å². The van der Waals surface area contributed by atoms with E-state index in [0.29, 0.717) is 5.92 Å². The van der Waals surface area contributed by atoms with Crippen molar-refractivity contribution in [1.82, 2.24) is 9.80 Å². The van der Waals surface area contributed by atoms with Gasteiger partial charge in [0.25, 0.3) is 0 Å². The van der Waals surface area contributed by atoms with Crippen molar-refractivity contribution in [2.75, 3.05) is 46.1 Å². The van der Waals surface area contributed by atoms with Gasteiger partial charge in [0.05, 0.1) is 0 Å². The van der Waals surface area contributed by atoms with Crippen molar-refractivity contribution in [2.24, 2.45) is 5.92 Å². The van der Waals surface area contributed by atoms with Crippen molar-refractivity contribution in [3.8, 4) is 23.0 Å². The van der Waals surface area contributed by atoms with Gasteiger partial charge in [-0.2, -0.15) is 0 Å². The maximum Gasteiger partial charge on any atom is 0.231 e. The van der Waals surface area contributed by atoms with Gasteiger partial charge in [0.2, 0.25) is 6.79 Å². The van der Waals surface area contributed by atoms with Gasteiger partial charge in [0, 0.05) is 13.1 Å². The molecule has 1 aliphatic carbocycles. The molecule has 3 aromatic rings. The smallest absolute Gasteiger partial charge is 0.231 e. The summed E-state index contributed by atoms with van der Waals surface area (Å²) in [5, 5.41) is 10.0. The second-order valence-corrected chi connectivity index (χ2v) is 10.9. The Balaban J connectivity index is 1.50. The third-order valence-corrected chi connectivity index (χ3v) is 8.25. The molecule has 2 aliphatic rings. The largest absolute Gasteiger partial charge is 0.508 e. The van der Waals surface area contributed by atoms with Crippen LogP contribution in [0.3, 0.4) is 0 Å².